The summed E-state index contributed by atoms with van der Waals surface area (Å²) in [4.78, 5) is 11.5. The van der Waals surface area contributed by atoms with Gasteiger partial charge in [0.1, 0.15) is 0 Å². The third-order valence-electron chi connectivity index (χ3n) is 4.23. The lowest BCUT2D eigenvalue weighted by Crippen LogP contribution is -2.41. The molecule has 1 aromatic carbocycles. The number of hydrogen-bond donors (Lipinski definition) is 1. The van der Waals surface area contributed by atoms with Crippen LogP contribution < -0.4 is 10.8 Å². The van der Waals surface area contributed by atoms with Gasteiger partial charge in [0.05, 0.1) is 11.2 Å². The van der Waals surface area contributed by atoms with Crippen LogP contribution in [0.25, 0.3) is 0 Å². The summed E-state index contributed by atoms with van der Waals surface area (Å²) in [6, 6.07) is 5.79. The van der Waals surface area contributed by atoms with Crippen molar-refractivity contribution in [3.63, 3.8) is 0 Å². The van der Waals surface area contributed by atoms with E-state index in [0.717, 1.165) is 16.7 Å². The first-order valence-corrected chi connectivity index (χ1v) is 7.06. The first-order valence-electron chi connectivity index (χ1n) is 7.06. The summed E-state index contributed by atoms with van der Waals surface area (Å²) < 4.78 is 12.0. The Hall–Kier alpha value is -1.59. The Balaban J connectivity index is 2.28. The highest BCUT2D eigenvalue weighted by Gasteiger charge is 2.51. The lowest BCUT2D eigenvalue weighted by atomic mass is 9.78. The summed E-state index contributed by atoms with van der Waals surface area (Å²) >= 11 is 0. The summed E-state index contributed by atoms with van der Waals surface area (Å²) in [6.45, 7) is 13.5. The molecule has 0 aliphatic carbocycles. The molecule has 1 amide bonds. The molecule has 0 aromatic heterocycles. The van der Waals surface area contributed by atoms with E-state index in [1.165, 1.54) is 6.08 Å². The minimum Gasteiger partial charge on any atom is -0.399 e. The summed E-state index contributed by atoms with van der Waals surface area (Å²) in [5, 5.41) is 2.80. The molecule has 2 rings (SSSR count). The zero-order chi connectivity index (χ0) is 15.8. The van der Waals surface area contributed by atoms with E-state index in [0.29, 0.717) is 0 Å². The topological polar surface area (TPSA) is 47.6 Å². The number of rotatable bonds is 3. The van der Waals surface area contributed by atoms with Crippen LogP contribution in [0.2, 0.25) is 0 Å². The van der Waals surface area contributed by atoms with Crippen LogP contribution in [-0.2, 0) is 14.1 Å². The maximum atomic E-state index is 11.5. The summed E-state index contributed by atoms with van der Waals surface area (Å²) in [7, 11) is -0.435. The molecule has 0 spiro atoms. The molecule has 1 saturated heterocycles. The highest BCUT2D eigenvalue weighted by molar-refractivity contribution is 6.62. The number of hydrogen-bond acceptors (Lipinski definition) is 3. The quantitative estimate of drug-likeness (QED) is 0.686. The van der Waals surface area contributed by atoms with E-state index in [9.17, 15) is 4.79 Å². The van der Waals surface area contributed by atoms with Gasteiger partial charge in [-0.1, -0.05) is 18.7 Å². The lowest BCUT2D eigenvalue weighted by Gasteiger charge is -2.32. The maximum absolute atomic E-state index is 11.5. The van der Waals surface area contributed by atoms with Gasteiger partial charge in [0, 0.05) is 5.69 Å². The van der Waals surface area contributed by atoms with Crippen molar-refractivity contribution in [1.82, 2.24) is 0 Å². The van der Waals surface area contributed by atoms with Gasteiger partial charge < -0.3 is 14.6 Å². The van der Waals surface area contributed by atoms with E-state index in [1.54, 1.807) is 0 Å². The van der Waals surface area contributed by atoms with Crippen LogP contribution in [0.4, 0.5) is 5.69 Å². The van der Waals surface area contributed by atoms with Crippen LogP contribution in [-0.4, -0.2) is 24.2 Å². The van der Waals surface area contributed by atoms with Gasteiger partial charge in [-0.05, 0) is 57.8 Å². The summed E-state index contributed by atoms with van der Waals surface area (Å²) in [6.07, 6.45) is 1.25. The maximum Gasteiger partial charge on any atom is 0.494 e. The molecular weight excluding hydrogens is 265 g/mol. The molecular formula is C16H22BNO3. The van der Waals surface area contributed by atoms with Gasteiger partial charge in [-0.25, -0.2) is 0 Å². The lowest BCUT2D eigenvalue weighted by molar-refractivity contribution is -0.111. The Morgan fingerprint density at radius 2 is 1.81 bits per heavy atom. The van der Waals surface area contributed by atoms with E-state index in [2.05, 4.69) is 11.9 Å². The van der Waals surface area contributed by atoms with E-state index in [1.807, 2.05) is 52.8 Å². The Kier molecular flexibility index (Phi) is 4.00. The van der Waals surface area contributed by atoms with Crippen LogP contribution in [0.3, 0.4) is 0 Å². The molecule has 0 atom stereocenters. The monoisotopic (exact) mass is 287 g/mol. The fourth-order valence-corrected chi connectivity index (χ4v) is 2.08. The van der Waals surface area contributed by atoms with Gasteiger partial charge in [0.15, 0.2) is 0 Å². The van der Waals surface area contributed by atoms with Crippen LogP contribution in [0.5, 0.6) is 0 Å². The molecule has 0 radical (unpaired) electrons. The van der Waals surface area contributed by atoms with Gasteiger partial charge >= 0.3 is 7.12 Å². The number of carbonyl (C=O) groups is 1. The van der Waals surface area contributed by atoms with Gasteiger partial charge in [0.2, 0.25) is 5.91 Å². The van der Waals surface area contributed by atoms with Crippen molar-refractivity contribution in [3.05, 3.63) is 36.4 Å². The SMILES string of the molecule is C=CC(=O)Nc1cc(B2OC(C)(C)C(C)(C)O2)ccc1C. The Morgan fingerprint density at radius 1 is 1.24 bits per heavy atom. The largest absolute Gasteiger partial charge is 0.494 e. The Bertz CT molecular complexity index is 565. The third-order valence-corrected chi connectivity index (χ3v) is 4.23. The molecule has 4 nitrogen and oxygen atoms in total. The molecule has 0 saturated carbocycles. The number of carbonyl (C=O) groups excluding carboxylic acids is 1. The van der Waals surface area contributed by atoms with Gasteiger partial charge in [-0.3, -0.25) is 4.79 Å². The first-order chi connectivity index (χ1) is 9.66. The number of benzene rings is 1. The number of anilines is 1. The van der Waals surface area contributed by atoms with Crippen molar-refractivity contribution in [2.75, 3.05) is 5.32 Å². The predicted molar refractivity (Wildman–Crippen MR) is 85.7 cm³/mol. The van der Waals surface area contributed by atoms with Gasteiger partial charge in [0.25, 0.3) is 0 Å². The number of amides is 1. The molecule has 1 N–H and O–H groups in total. The fraction of sp³-hybridized carbons (Fsp3) is 0.438. The van der Waals surface area contributed by atoms with Gasteiger partial charge in [-0.2, -0.15) is 0 Å². The minimum absolute atomic E-state index is 0.232. The van der Waals surface area contributed by atoms with Crippen LogP contribution in [0, 0.1) is 6.92 Å². The van der Waals surface area contributed by atoms with E-state index in [-0.39, 0.29) is 17.1 Å². The first kappa shape index (κ1) is 15.8. The van der Waals surface area contributed by atoms with Crippen molar-refractivity contribution in [3.8, 4) is 0 Å². The fourth-order valence-electron chi connectivity index (χ4n) is 2.08. The molecule has 0 bridgehead atoms. The predicted octanol–water partition coefficient (Wildman–Crippen LogP) is 2.42. The van der Waals surface area contributed by atoms with E-state index in [4.69, 9.17) is 9.31 Å². The second-order valence-electron chi connectivity index (χ2n) is 6.36. The molecule has 1 fully saturated rings. The van der Waals surface area contributed by atoms with E-state index >= 15 is 0 Å². The van der Waals surface area contributed by atoms with E-state index < -0.39 is 7.12 Å². The molecule has 112 valence electrons. The Morgan fingerprint density at radius 3 is 2.33 bits per heavy atom. The second-order valence-corrected chi connectivity index (χ2v) is 6.36. The zero-order valence-corrected chi connectivity index (χ0v) is 13.3. The third kappa shape index (κ3) is 3.04. The molecule has 0 unspecified atom stereocenters. The van der Waals surface area contributed by atoms with Crippen LogP contribution >= 0.6 is 0 Å². The van der Waals surface area contributed by atoms with Crippen LogP contribution in [0.15, 0.2) is 30.9 Å². The standard InChI is InChI=1S/C16H22BNO3/c1-7-14(19)18-13-10-12(9-8-11(13)2)17-20-15(3,4)16(5,6)21-17/h7-10H,1H2,2-6H3,(H,18,19). The molecule has 1 aliphatic rings. The highest BCUT2D eigenvalue weighted by Crippen LogP contribution is 2.36. The number of nitrogens with one attached hydrogen (secondary N) is 1. The number of aryl methyl sites for hydroxylation is 1. The molecule has 1 heterocycles. The summed E-state index contributed by atoms with van der Waals surface area (Å²) in [5.74, 6) is -0.232. The molecule has 5 heteroatoms. The van der Waals surface area contributed by atoms with Crippen molar-refractivity contribution in [2.24, 2.45) is 0 Å². The molecule has 1 aliphatic heterocycles. The second kappa shape index (κ2) is 5.32. The van der Waals surface area contributed by atoms with Crippen molar-refractivity contribution in [2.45, 2.75) is 45.8 Å². The highest BCUT2D eigenvalue weighted by atomic mass is 16.7. The van der Waals surface area contributed by atoms with Gasteiger partial charge in [-0.15, -0.1) is 0 Å². The molecule has 1 aromatic rings. The minimum atomic E-state index is -0.435. The zero-order valence-electron chi connectivity index (χ0n) is 13.3. The summed E-state index contributed by atoms with van der Waals surface area (Å²) in [5.41, 5.74) is 1.84. The molecule has 21 heavy (non-hydrogen) atoms. The normalized spacial score (nSPS) is 19.4. The average Bonchev–Trinajstić information content (AvgIpc) is 2.61. The average molecular weight is 287 g/mol. The van der Waals surface area contributed by atoms with Crippen LogP contribution in [0.1, 0.15) is 33.3 Å². The van der Waals surface area contributed by atoms with Crippen molar-refractivity contribution < 1.29 is 14.1 Å². The smallest absolute Gasteiger partial charge is 0.399 e. The Labute approximate surface area is 126 Å². The van der Waals surface area contributed by atoms with Crippen molar-refractivity contribution in [1.29, 1.82) is 0 Å². The van der Waals surface area contributed by atoms with Crippen molar-refractivity contribution >= 4 is 24.2 Å².